The summed E-state index contributed by atoms with van der Waals surface area (Å²) in [4.78, 5) is 0. The van der Waals surface area contributed by atoms with Crippen LogP contribution < -0.4 is 0 Å². The van der Waals surface area contributed by atoms with Crippen LogP contribution in [0.4, 0.5) is 0 Å². The van der Waals surface area contributed by atoms with Gasteiger partial charge in [-0.15, -0.1) is 5.56 Å². The molecule has 0 aliphatic heterocycles. The van der Waals surface area contributed by atoms with Gasteiger partial charge in [0.2, 0.25) is 0 Å². The Morgan fingerprint density at radius 2 is 1.79 bits per heavy atom. The molecule has 0 unspecified atom stereocenters. The average molecular weight is 258 g/mol. The van der Waals surface area contributed by atoms with E-state index in [1.807, 2.05) is 6.07 Å². The largest absolute Gasteiger partial charge is 3.00 e. The van der Waals surface area contributed by atoms with Crippen molar-refractivity contribution in [3.8, 4) is 11.1 Å². The summed E-state index contributed by atoms with van der Waals surface area (Å²) in [7, 11) is 0. The molecule has 14 heavy (non-hydrogen) atoms. The topological polar surface area (TPSA) is 0 Å². The van der Waals surface area contributed by atoms with Crippen molar-refractivity contribution in [1.29, 1.82) is 0 Å². The van der Waals surface area contributed by atoms with Gasteiger partial charge in [0.05, 0.1) is 0 Å². The first-order chi connectivity index (χ1) is 6.45. The molecule has 67 valence electrons. The molecule has 0 nitrogen and oxygen atoms in total. The first-order valence-electron chi connectivity index (χ1n) is 4.53. The molecular weight excluding hydrogens is 247 g/mol. The summed E-state index contributed by atoms with van der Waals surface area (Å²) in [5, 5.41) is 0. The summed E-state index contributed by atoms with van der Waals surface area (Å²) in [6, 6.07) is 18.1. The minimum Gasteiger partial charge on any atom is -1.00 e. The van der Waals surface area contributed by atoms with Crippen LogP contribution in [0.2, 0.25) is 0 Å². The fourth-order valence-electron chi connectivity index (χ4n) is 2.00. The molecule has 0 bridgehead atoms. The summed E-state index contributed by atoms with van der Waals surface area (Å²) in [6.07, 6.45) is 1.05. The summed E-state index contributed by atoms with van der Waals surface area (Å²) in [5.74, 6) is 0. The molecule has 0 spiro atoms. The fourth-order valence-corrected chi connectivity index (χ4v) is 2.00. The quantitative estimate of drug-likeness (QED) is 0.543. The van der Waals surface area contributed by atoms with Crippen LogP contribution in [0.1, 0.15) is 14.0 Å². The minimum absolute atomic E-state index is 0. The second kappa shape index (κ2) is 3.83. The van der Waals surface area contributed by atoms with Gasteiger partial charge in [-0.2, -0.15) is 29.8 Å². The van der Waals surface area contributed by atoms with E-state index in [9.17, 15) is 0 Å². The first-order valence-corrected chi connectivity index (χ1v) is 4.53. The second-order valence-corrected chi connectivity index (χ2v) is 3.40. The normalized spacial score (nSPS) is 11.4. The minimum atomic E-state index is 0. The van der Waals surface area contributed by atoms with Gasteiger partial charge < -0.3 is 2.85 Å². The zero-order valence-corrected chi connectivity index (χ0v) is 10.2. The van der Waals surface area contributed by atoms with E-state index in [2.05, 4.69) is 42.5 Å². The van der Waals surface area contributed by atoms with Gasteiger partial charge in [0, 0.05) is 0 Å². The molecule has 1 aliphatic rings. The van der Waals surface area contributed by atoms with E-state index < -0.39 is 0 Å². The molecule has 0 atom stereocenters. The third-order valence-corrected chi connectivity index (χ3v) is 2.62. The molecule has 1 aliphatic carbocycles. The third kappa shape index (κ3) is 1.40. The maximum absolute atomic E-state index is 3.30. The Morgan fingerprint density at radius 1 is 1.00 bits per heavy atom. The van der Waals surface area contributed by atoms with Gasteiger partial charge in [-0.05, 0) is 6.42 Å². The standard InChI is InChI=1S/C13H9.Zr.2H/c1-3-7-12-10(5-1)9-11-6-2-4-8-13(11)12;;;/h1-5,7-8H,9H2;;;/q-1;+3;2*-1. The summed E-state index contributed by atoms with van der Waals surface area (Å²) < 4.78 is 0. The fraction of sp³-hybridized carbons (Fsp3) is 0.0769. The van der Waals surface area contributed by atoms with Crippen LogP contribution >= 0.6 is 0 Å². The smallest absolute Gasteiger partial charge is 1.00 e. The Balaban J connectivity index is 0.000000750. The SMILES string of the molecule is [H-].[H-].[Zr+3].[c-]1cccc2c1Cc1ccccc1-2. The van der Waals surface area contributed by atoms with Crippen molar-refractivity contribution in [2.24, 2.45) is 0 Å². The van der Waals surface area contributed by atoms with Gasteiger partial charge in [0.25, 0.3) is 0 Å². The van der Waals surface area contributed by atoms with Gasteiger partial charge in [-0.25, -0.2) is 0 Å². The zero-order valence-electron chi connectivity index (χ0n) is 9.75. The zero-order chi connectivity index (χ0) is 8.67. The van der Waals surface area contributed by atoms with E-state index in [1.165, 1.54) is 22.3 Å². The Bertz CT molecular complexity index is 425. The first kappa shape index (κ1) is 9.86. The van der Waals surface area contributed by atoms with E-state index >= 15 is 0 Å². The average Bonchev–Trinajstić information content (AvgIpc) is 2.56. The van der Waals surface area contributed by atoms with Crippen molar-refractivity contribution in [2.45, 2.75) is 6.42 Å². The van der Waals surface area contributed by atoms with Crippen molar-refractivity contribution in [3.05, 3.63) is 59.7 Å². The Labute approximate surface area is 106 Å². The van der Waals surface area contributed by atoms with Crippen molar-refractivity contribution < 1.29 is 29.1 Å². The van der Waals surface area contributed by atoms with Gasteiger partial charge in [-0.1, -0.05) is 35.4 Å². The predicted molar refractivity (Wildman–Crippen MR) is 55.7 cm³/mol. The molecule has 2 aromatic rings. The number of hydrogen-bond donors (Lipinski definition) is 0. The van der Waals surface area contributed by atoms with Crippen molar-refractivity contribution in [1.82, 2.24) is 0 Å². The maximum Gasteiger partial charge on any atom is 3.00 e. The Morgan fingerprint density at radius 3 is 2.71 bits per heavy atom. The van der Waals surface area contributed by atoms with Crippen LogP contribution in [-0.4, -0.2) is 0 Å². The monoisotopic (exact) mass is 257 g/mol. The molecule has 0 heterocycles. The summed E-state index contributed by atoms with van der Waals surface area (Å²) >= 11 is 0. The van der Waals surface area contributed by atoms with Crippen molar-refractivity contribution in [2.75, 3.05) is 0 Å². The van der Waals surface area contributed by atoms with Crippen LogP contribution in [-0.2, 0) is 32.6 Å². The Hall–Kier alpha value is -0.677. The van der Waals surface area contributed by atoms with Crippen LogP contribution in [0.15, 0.2) is 42.5 Å². The molecule has 0 fully saturated rings. The van der Waals surface area contributed by atoms with Crippen LogP contribution in [0.25, 0.3) is 11.1 Å². The van der Waals surface area contributed by atoms with Crippen molar-refractivity contribution in [3.63, 3.8) is 0 Å². The van der Waals surface area contributed by atoms with Gasteiger partial charge >= 0.3 is 26.2 Å². The molecule has 1 heteroatoms. The number of rotatable bonds is 0. The van der Waals surface area contributed by atoms with E-state index in [1.54, 1.807) is 0 Å². The van der Waals surface area contributed by atoms with Gasteiger partial charge in [0.1, 0.15) is 0 Å². The molecule has 0 amide bonds. The molecule has 0 saturated heterocycles. The second-order valence-electron chi connectivity index (χ2n) is 3.40. The Kier molecular flexibility index (Phi) is 2.69. The van der Waals surface area contributed by atoms with Crippen LogP contribution in [0, 0.1) is 6.07 Å². The summed E-state index contributed by atoms with van der Waals surface area (Å²) in [6.45, 7) is 0. The van der Waals surface area contributed by atoms with E-state index in [4.69, 9.17) is 0 Å². The molecule has 0 aromatic heterocycles. The van der Waals surface area contributed by atoms with Crippen LogP contribution in [0.5, 0.6) is 0 Å². The van der Waals surface area contributed by atoms with E-state index in [0.717, 1.165) is 6.42 Å². The van der Waals surface area contributed by atoms with E-state index in [-0.39, 0.29) is 29.1 Å². The van der Waals surface area contributed by atoms with Crippen molar-refractivity contribution >= 4 is 0 Å². The van der Waals surface area contributed by atoms with Gasteiger partial charge in [0.15, 0.2) is 0 Å². The maximum atomic E-state index is 3.30. The van der Waals surface area contributed by atoms with E-state index in [0.29, 0.717) is 0 Å². The van der Waals surface area contributed by atoms with Gasteiger partial charge in [-0.3, -0.25) is 0 Å². The predicted octanol–water partition coefficient (Wildman–Crippen LogP) is 3.28. The molecule has 0 N–H and O–H groups in total. The molecule has 1 radical (unpaired) electrons. The molecule has 2 aromatic carbocycles. The molecule has 3 rings (SSSR count). The van der Waals surface area contributed by atoms with Crippen LogP contribution in [0.3, 0.4) is 0 Å². The third-order valence-electron chi connectivity index (χ3n) is 2.62. The molecule has 0 saturated carbocycles. The number of benzene rings is 2. The number of fused-ring (bicyclic) bond motifs is 3. The number of hydrogen-bond acceptors (Lipinski definition) is 0. The summed E-state index contributed by atoms with van der Waals surface area (Å²) in [5.41, 5.74) is 5.51. The molecular formula is C13H11Zr.